The normalized spacial score (nSPS) is 15.1. The Morgan fingerprint density at radius 2 is 1.02 bits per heavy atom. The van der Waals surface area contributed by atoms with Crippen molar-refractivity contribution in [3.63, 3.8) is 0 Å². The third-order valence-corrected chi connectivity index (χ3v) is 10.1. The van der Waals surface area contributed by atoms with Crippen molar-refractivity contribution < 1.29 is 11.0 Å². The number of hydrogen-bond acceptors (Lipinski definition) is 3. The first-order valence-electron chi connectivity index (χ1n) is 21.1. The molecule has 0 unspecified atom stereocenters. The number of aromatic nitrogens is 4. The molecule has 0 fully saturated rings. The van der Waals surface area contributed by atoms with E-state index in [2.05, 4.69) is 44.2 Å². The first-order chi connectivity index (χ1) is 28.9. The lowest BCUT2D eigenvalue weighted by Gasteiger charge is -2.24. The fourth-order valence-electron chi connectivity index (χ4n) is 7.72. The molecule has 0 aliphatic heterocycles. The van der Waals surface area contributed by atoms with E-state index in [1.165, 1.54) is 15.7 Å². The summed E-state index contributed by atoms with van der Waals surface area (Å²) in [6.45, 7) is 4.43. The minimum absolute atomic E-state index is 0.00465. The first kappa shape index (κ1) is 22.9. The van der Waals surface area contributed by atoms with Gasteiger partial charge >= 0.3 is 0 Å². The van der Waals surface area contributed by atoms with Gasteiger partial charge < -0.3 is 4.57 Å². The van der Waals surface area contributed by atoms with E-state index in [1.807, 2.05) is 84.9 Å². The second-order valence-corrected chi connectivity index (χ2v) is 13.5. The van der Waals surface area contributed by atoms with Gasteiger partial charge in [0.05, 0.1) is 22.0 Å². The van der Waals surface area contributed by atoms with Crippen LogP contribution in [-0.4, -0.2) is 19.5 Å². The summed E-state index contributed by atoms with van der Waals surface area (Å²) in [5.41, 5.74) is 8.45. The molecule has 1 aliphatic rings. The maximum atomic E-state index is 9.16. The fourth-order valence-corrected chi connectivity index (χ4v) is 7.72. The zero-order valence-electron chi connectivity index (χ0n) is 36.3. The fraction of sp³-hybridized carbons (Fsp3) is 0.0625. The molecule has 0 saturated carbocycles. The highest BCUT2D eigenvalue weighted by Gasteiger charge is 2.38. The van der Waals surface area contributed by atoms with E-state index < -0.39 is 36.3 Å². The Bertz CT molecular complexity index is 3200. The quantitative estimate of drug-likeness (QED) is 0.182. The monoisotopic (exact) mass is 674 g/mol. The smallest absolute Gasteiger partial charge is 0.164 e. The Morgan fingerprint density at radius 1 is 0.481 bits per heavy atom. The van der Waals surface area contributed by atoms with E-state index in [1.54, 1.807) is 6.07 Å². The molecular weight excluding hydrogens is 633 g/mol. The first-order valence-corrected chi connectivity index (χ1v) is 17.1. The molecule has 0 atom stereocenters. The number of fused-ring (bicyclic) bond motifs is 6. The van der Waals surface area contributed by atoms with Crippen LogP contribution in [-0.2, 0) is 5.41 Å². The molecule has 7 aromatic carbocycles. The van der Waals surface area contributed by atoms with Crippen molar-refractivity contribution in [2.24, 2.45) is 0 Å². The maximum Gasteiger partial charge on any atom is 0.164 e. The highest BCUT2D eigenvalue weighted by molar-refractivity contribution is 6.09. The Hall–Kier alpha value is -6.65. The van der Waals surface area contributed by atoms with E-state index in [0.29, 0.717) is 28.7 Å². The molecule has 4 heteroatoms. The minimum atomic E-state index is -0.498. The zero-order valence-corrected chi connectivity index (χ0v) is 28.3. The van der Waals surface area contributed by atoms with E-state index >= 15 is 0 Å². The van der Waals surface area contributed by atoms with Crippen molar-refractivity contribution in [1.82, 2.24) is 19.5 Å². The molecule has 2 heterocycles. The van der Waals surface area contributed by atoms with E-state index in [-0.39, 0.29) is 39.3 Å². The van der Waals surface area contributed by atoms with Crippen LogP contribution in [0.1, 0.15) is 35.9 Å². The molecule has 0 N–H and O–H groups in total. The van der Waals surface area contributed by atoms with Crippen molar-refractivity contribution in [3.8, 4) is 62.1 Å². The summed E-state index contributed by atoms with van der Waals surface area (Å²) in [7, 11) is 0. The van der Waals surface area contributed by atoms with Crippen LogP contribution in [0.15, 0.2) is 170 Å². The summed E-state index contributed by atoms with van der Waals surface area (Å²) in [5.74, 6) is 1.27. The molecular formula is C48H34N4. The summed E-state index contributed by atoms with van der Waals surface area (Å²) < 4.78 is 72.2. The van der Waals surface area contributed by atoms with E-state index in [4.69, 9.17) is 25.9 Å². The van der Waals surface area contributed by atoms with Gasteiger partial charge in [-0.25, -0.2) is 15.0 Å². The lowest BCUT2D eigenvalue weighted by atomic mass is 9.80. The molecule has 0 saturated heterocycles. The zero-order chi connectivity index (χ0) is 41.8. The lowest BCUT2D eigenvalue weighted by molar-refractivity contribution is 0.661. The summed E-state index contributed by atoms with van der Waals surface area (Å²) in [5, 5.41) is 0.00930. The molecule has 10 rings (SSSR count). The van der Waals surface area contributed by atoms with Crippen LogP contribution in [0.2, 0.25) is 0 Å². The molecule has 0 bridgehead atoms. The van der Waals surface area contributed by atoms with Crippen LogP contribution >= 0.6 is 0 Å². The Labute approximate surface area is 314 Å². The third kappa shape index (κ3) is 4.72. The molecule has 0 spiro atoms. The maximum absolute atomic E-state index is 9.16. The van der Waals surface area contributed by atoms with Crippen LogP contribution in [0.25, 0.3) is 83.9 Å². The van der Waals surface area contributed by atoms with Gasteiger partial charge in [-0.2, -0.15) is 0 Å². The summed E-state index contributed by atoms with van der Waals surface area (Å²) >= 11 is 0. The molecule has 1 aliphatic carbocycles. The van der Waals surface area contributed by atoms with Gasteiger partial charge in [0.15, 0.2) is 17.5 Å². The van der Waals surface area contributed by atoms with E-state index in [0.717, 1.165) is 33.4 Å². The van der Waals surface area contributed by atoms with Gasteiger partial charge in [0.1, 0.15) is 0 Å². The Balaban J connectivity index is 1.31. The summed E-state index contributed by atoms with van der Waals surface area (Å²) in [6, 6.07) is 36.1. The van der Waals surface area contributed by atoms with Crippen molar-refractivity contribution in [1.29, 1.82) is 0 Å². The van der Waals surface area contributed by atoms with Crippen molar-refractivity contribution >= 4 is 21.8 Å². The predicted octanol–water partition coefficient (Wildman–Crippen LogP) is 11.9. The van der Waals surface area contributed by atoms with Gasteiger partial charge in [0.2, 0.25) is 0 Å². The Morgan fingerprint density at radius 3 is 1.73 bits per heavy atom. The number of rotatable bonds is 5. The average Bonchev–Trinajstić information content (AvgIpc) is 3.76. The lowest BCUT2D eigenvalue weighted by Crippen LogP contribution is -2.17. The standard InChI is InChI=1S/C48H34N4/c1-48(2)41-25-12-9-20-36(41)39-23-15-24-40(44(39)48)47-50-45(32-18-7-4-8-19-32)49-46(51-47)34-28-33(31-16-5-3-6-17-31)29-35(30-34)52-42-26-13-10-21-37(42)38-22-11-14-27-43(38)52/h3-30H,1-2H3/i10D,11D,13D,14D,21D,22D,26D,27D. The van der Waals surface area contributed by atoms with Crippen LogP contribution in [0.3, 0.4) is 0 Å². The van der Waals surface area contributed by atoms with Gasteiger partial charge in [-0.1, -0.05) is 153 Å². The Kier molecular flexibility index (Phi) is 5.17. The summed E-state index contributed by atoms with van der Waals surface area (Å²) in [4.78, 5) is 15.4. The highest BCUT2D eigenvalue weighted by Crippen LogP contribution is 2.51. The number of para-hydroxylation sites is 2. The molecule has 4 nitrogen and oxygen atoms in total. The second-order valence-electron chi connectivity index (χ2n) is 13.5. The third-order valence-electron chi connectivity index (χ3n) is 10.1. The minimum Gasteiger partial charge on any atom is -0.309 e. The summed E-state index contributed by atoms with van der Waals surface area (Å²) in [6.07, 6.45) is 0. The van der Waals surface area contributed by atoms with Crippen molar-refractivity contribution in [2.45, 2.75) is 19.3 Å². The highest BCUT2D eigenvalue weighted by atomic mass is 15.0. The van der Waals surface area contributed by atoms with Gasteiger partial charge in [0, 0.05) is 38.6 Å². The molecule has 9 aromatic rings. The van der Waals surface area contributed by atoms with E-state index in [9.17, 15) is 0 Å². The number of hydrogen-bond donors (Lipinski definition) is 0. The van der Waals surface area contributed by atoms with Crippen molar-refractivity contribution in [3.05, 3.63) is 181 Å². The molecule has 246 valence electrons. The number of benzene rings is 7. The van der Waals surface area contributed by atoms with Crippen LogP contribution in [0.5, 0.6) is 0 Å². The second kappa shape index (κ2) is 11.7. The largest absolute Gasteiger partial charge is 0.309 e. The van der Waals surface area contributed by atoms with Gasteiger partial charge in [-0.3, -0.25) is 0 Å². The van der Waals surface area contributed by atoms with Crippen molar-refractivity contribution in [2.75, 3.05) is 0 Å². The average molecular weight is 675 g/mol. The molecule has 0 radical (unpaired) electrons. The van der Waals surface area contributed by atoms with Crippen LogP contribution in [0, 0.1) is 0 Å². The molecule has 52 heavy (non-hydrogen) atoms. The van der Waals surface area contributed by atoms with Crippen LogP contribution < -0.4 is 0 Å². The van der Waals surface area contributed by atoms with Crippen LogP contribution in [0.4, 0.5) is 0 Å². The molecule has 2 aromatic heterocycles. The predicted molar refractivity (Wildman–Crippen MR) is 213 cm³/mol. The van der Waals surface area contributed by atoms with Gasteiger partial charge in [-0.15, -0.1) is 0 Å². The SMILES string of the molecule is [2H]c1c([2H])c([2H])c2c(c1[2H])c1c([2H])c([2H])c([2H])c([2H])c1n2-c1cc(-c2ccccc2)cc(-c2nc(-c3ccccc3)nc(-c3cccc4c3C(C)(C)c3ccccc3-4)n2)c1. The number of nitrogens with zero attached hydrogens (tertiary/aromatic N) is 4. The molecule has 0 amide bonds. The topological polar surface area (TPSA) is 43.6 Å². The van der Waals surface area contributed by atoms with Gasteiger partial charge in [0.25, 0.3) is 0 Å². The van der Waals surface area contributed by atoms with Gasteiger partial charge in [-0.05, 0) is 63.7 Å².